The number of H-pyrrole nitrogens is 1. The van der Waals surface area contributed by atoms with Gasteiger partial charge in [-0.15, -0.1) is 0 Å². The van der Waals surface area contributed by atoms with Crippen molar-refractivity contribution in [3.8, 4) is 6.07 Å². The number of aromatic amines is 1. The summed E-state index contributed by atoms with van der Waals surface area (Å²) in [5.74, 6) is -3.66. The Labute approximate surface area is 184 Å². The van der Waals surface area contributed by atoms with E-state index in [1.54, 1.807) is 6.07 Å². The largest absolute Gasteiger partial charge is 0.346 e. The van der Waals surface area contributed by atoms with E-state index < -0.39 is 42.3 Å². The van der Waals surface area contributed by atoms with Gasteiger partial charge < -0.3 is 15.2 Å². The number of rotatable bonds is 8. The average molecular weight is 459 g/mol. The Morgan fingerprint density at radius 3 is 2.67 bits per heavy atom. The molecule has 0 radical (unpaired) electrons. The number of alkyl halides is 2. The first-order valence-corrected chi connectivity index (χ1v) is 9.36. The summed E-state index contributed by atoms with van der Waals surface area (Å²) in [6.45, 7) is 0. The summed E-state index contributed by atoms with van der Waals surface area (Å²) >= 11 is 0. The van der Waals surface area contributed by atoms with Crippen LogP contribution in [0, 0.1) is 17.1 Å². The number of amides is 2. The maximum absolute atomic E-state index is 13.4. The first-order valence-electron chi connectivity index (χ1n) is 9.36. The first kappa shape index (κ1) is 23.2. The minimum atomic E-state index is -2.78. The van der Waals surface area contributed by atoms with Crippen molar-refractivity contribution in [2.75, 3.05) is 5.32 Å². The van der Waals surface area contributed by atoms with Crippen molar-refractivity contribution in [3.05, 3.63) is 65.0 Å². The van der Waals surface area contributed by atoms with Crippen LogP contribution in [0.1, 0.15) is 44.6 Å². The average Bonchev–Trinajstić information content (AvgIpc) is 3.43. The normalized spacial score (nSPS) is 11.6. The number of nitriles is 1. The Morgan fingerprint density at radius 2 is 2.03 bits per heavy atom. The Hall–Kier alpha value is -4.47. The number of hydrogen-bond acceptors (Lipinski definition) is 6. The molecule has 0 saturated heterocycles. The Balaban J connectivity index is 1.74. The highest BCUT2D eigenvalue weighted by atomic mass is 19.3. The van der Waals surface area contributed by atoms with E-state index in [0.717, 1.165) is 24.4 Å². The van der Waals surface area contributed by atoms with Gasteiger partial charge in [0.1, 0.15) is 23.3 Å². The predicted molar refractivity (Wildman–Crippen MR) is 107 cm³/mol. The third kappa shape index (κ3) is 5.42. The number of halogens is 3. The van der Waals surface area contributed by atoms with Gasteiger partial charge in [0.2, 0.25) is 6.43 Å². The number of aryl methyl sites for hydroxylation is 1. The van der Waals surface area contributed by atoms with Crippen LogP contribution in [-0.4, -0.2) is 44.0 Å². The molecule has 0 aliphatic carbocycles. The zero-order chi connectivity index (χ0) is 24.1. The van der Waals surface area contributed by atoms with Crippen LogP contribution in [-0.2, 0) is 11.8 Å². The summed E-state index contributed by atoms with van der Waals surface area (Å²) in [5, 5.41) is 23.0. The standard InChI is InChI=1S/C20H16F3N7O3/c1-30-9-11(5-16(30)19(32)26-12-2-3-13(21)10(4-12)7-24)18(31)20(33)27-14(6-17(22)23)15-8-25-29-28-15/h2-5,8-9,14,17H,6H2,1H3,(H,26,32)(H,27,33)(H,25,28,29)/t14-/m0/s1. The highest BCUT2D eigenvalue weighted by Crippen LogP contribution is 2.19. The number of carbonyl (C=O) groups is 3. The van der Waals surface area contributed by atoms with Crippen LogP contribution in [0.5, 0.6) is 0 Å². The third-order valence-corrected chi connectivity index (χ3v) is 4.56. The molecule has 1 atom stereocenters. The molecule has 0 spiro atoms. The van der Waals surface area contributed by atoms with Gasteiger partial charge >= 0.3 is 0 Å². The lowest BCUT2D eigenvalue weighted by atomic mass is 10.1. The van der Waals surface area contributed by atoms with Crippen LogP contribution >= 0.6 is 0 Å². The van der Waals surface area contributed by atoms with Crippen molar-refractivity contribution in [2.24, 2.45) is 7.05 Å². The highest BCUT2D eigenvalue weighted by molar-refractivity contribution is 6.43. The Morgan fingerprint density at radius 1 is 1.27 bits per heavy atom. The van der Waals surface area contributed by atoms with Gasteiger partial charge in [-0.3, -0.25) is 14.4 Å². The number of carbonyl (C=O) groups excluding carboxylic acids is 3. The second-order valence-corrected chi connectivity index (χ2v) is 6.86. The number of aromatic nitrogens is 4. The first-order chi connectivity index (χ1) is 15.7. The summed E-state index contributed by atoms with van der Waals surface area (Å²) < 4.78 is 40.5. The van der Waals surface area contributed by atoms with Gasteiger partial charge in [0, 0.05) is 30.9 Å². The molecular formula is C20H16F3N7O3. The zero-order valence-corrected chi connectivity index (χ0v) is 17.0. The minimum absolute atomic E-state index is 0.0189. The summed E-state index contributed by atoms with van der Waals surface area (Å²) in [7, 11) is 1.45. The fraction of sp³-hybridized carbons (Fsp3) is 0.200. The predicted octanol–water partition coefficient (Wildman–Crippen LogP) is 2.10. The molecule has 2 amide bonds. The second kappa shape index (κ2) is 9.77. The van der Waals surface area contributed by atoms with Crippen molar-refractivity contribution >= 4 is 23.3 Å². The lowest BCUT2D eigenvalue weighted by Gasteiger charge is -2.15. The van der Waals surface area contributed by atoms with E-state index in [9.17, 15) is 27.6 Å². The van der Waals surface area contributed by atoms with Gasteiger partial charge in [0.25, 0.3) is 17.6 Å². The zero-order valence-electron chi connectivity index (χ0n) is 17.0. The molecule has 170 valence electrons. The summed E-state index contributed by atoms with van der Waals surface area (Å²) in [5.41, 5.74) is -0.270. The number of nitrogens with one attached hydrogen (secondary N) is 3. The van der Waals surface area contributed by atoms with Gasteiger partial charge in [0.05, 0.1) is 17.8 Å². The number of ketones is 1. The van der Waals surface area contributed by atoms with Crippen molar-refractivity contribution in [1.82, 2.24) is 25.3 Å². The van der Waals surface area contributed by atoms with Gasteiger partial charge in [-0.25, -0.2) is 13.2 Å². The lowest BCUT2D eigenvalue weighted by Crippen LogP contribution is -2.35. The minimum Gasteiger partial charge on any atom is -0.346 e. The lowest BCUT2D eigenvalue weighted by molar-refractivity contribution is -0.118. The monoisotopic (exact) mass is 459 g/mol. The molecule has 3 N–H and O–H groups in total. The second-order valence-electron chi connectivity index (χ2n) is 6.86. The van der Waals surface area contributed by atoms with E-state index in [4.69, 9.17) is 5.26 Å². The smallest absolute Gasteiger partial charge is 0.292 e. The van der Waals surface area contributed by atoms with E-state index in [2.05, 4.69) is 26.0 Å². The third-order valence-electron chi connectivity index (χ3n) is 4.56. The van der Waals surface area contributed by atoms with E-state index >= 15 is 0 Å². The quantitative estimate of drug-likeness (QED) is 0.347. The number of nitrogens with zero attached hydrogens (tertiary/aromatic N) is 4. The van der Waals surface area contributed by atoms with Gasteiger partial charge in [-0.05, 0) is 24.3 Å². The number of Topliss-reactive ketones (excluding diaryl/α,β-unsaturated/α-hetero) is 1. The Kier molecular flexibility index (Phi) is 6.87. The molecule has 33 heavy (non-hydrogen) atoms. The summed E-state index contributed by atoms with van der Waals surface area (Å²) in [4.78, 5) is 37.5. The maximum Gasteiger partial charge on any atom is 0.292 e. The van der Waals surface area contributed by atoms with Gasteiger partial charge in [-0.1, -0.05) is 0 Å². The molecule has 0 bridgehead atoms. The Bertz CT molecular complexity index is 1230. The van der Waals surface area contributed by atoms with Crippen molar-refractivity contribution < 1.29 is 27.6 Å². The van der Waals surface area contributed by atoms with E-state index in [1.165, 1.54) is 23.9 Å². The van der Waals surface area contributed by atoms with Gasteiger partial charge in [0.15, 0.2) is 0 Å². The molecule has 2 aromatic heterocycles. The molecule has 0 unspecified atom stereocenters. The van der Waals surface area contributed by atoms with Crippen molar-refractivity contribution in [1.29, 1.82) is 5.26 Å². The fourth-order valence-corrected chi connectivity index (χ4v) is 2.96. The molecular weight excluding hydrogens is 443 g/mol. The van der Waals surface area contributed by atoms with Crippen LogP contribution in [0.15, 0.2) is 36.7 Å². The highest BCUT2D eigenvalue weighted by Gasteiger charge is 2.27. The number of anilines is 1. The van der Waals surface area contributed by atoms with E-state index in [1.807, 2.05) is 0 Å². The molecule has 10 nitrogen and oxygen atoms in total. The van der Waals surface area contributed by atoms with Crippen LogP contribution in [0.3, 0.4) is 0 Å². The maximum atomic E-state index is 13.4. The van der Waals surface area contributed by atoms with Crippen LogP contribution in [0.2, 0.25) is 0 Å². The number of hydrogen-bond donors (Lipinski definition) is 3. The molecule has 2 heterocycles. The summed E-state index contributed by atoms with van der Waals surface area (Å²) in [6, 6.07) is 4.96. The fourth-order valence-electron chi connectivity index (χ4n) is 2.96. The van der Waals surface area contributed by atoms with E-state index in [-0.39, 0.29) is 28.2 Å². The number of benzene rings is 1. The van der Waals surface area contributed by atoms with Crippen molar-refractivity contribution in [2.45, 2.75) is 18.9 Å². The van der Waals surface area contributed by atoms with Crippen molar-refractivity contribution in [3.63, 3.8) is 0 Å². The van der Waals surface area contributed by atoms with Crippen LogP contribution in [0.4, 0.5) is 18.9 Å². The van der Waals surface area contributed by atoms with E-state index in [0.29, 0.717) is 0 Å². The van der Waals surface area contributed by atoms with Gasteiger partial charge in [-0.2, -0.15) is 20.7 Å². The molecule has 0 fully saturated rings. The molecule has 3 aromatic rings. The molecule has 13 heteroatoms. The topological polar surface area (TPSA) is 146 Å². The summed E-state index contributed by atoms with van der Waals surface area (Å²) in [6.07, 6.45) is -1.19. The van der Waals surface area contributed by atoms with Crippen LogP contribution < -0.4 is 10.6 Å². The SMILES string of the molecule is Cn1cc(C(=O)C(=O)N[C@@H](CC(F)F)c2cn[nH]n2)cc1C(=O)Nc1ccc(F)c(C#N)c1. The molecule has 0 saturated carbocycles. The molecule has 3 rings (SSSR count). The molecule has 1 aromatic carbocycles. The van der Waals surface area contributed by atoms with Crippen LogP contribution in [0.25, 0.3) is 0 Å². The molecule has 0 aliphatic heterocycles. The molecule has 0 aliphatic rings.